The molecule has 3 heterocycles. The largest absolute Gasteiger partial charge is 0.323 e. The number of hydrogen-bond donors (Lipinski definition) is 1. The number of fused-ring (bicyclic) bond motifs is 4. The van der Waals surface area contributed by atoms with Crippen LogP contribution in [0.1, 0.15) is 25.7 Å². The average molecular weight is 334 g/mol. The molecule has 0 radical (unpaired) electrons. The molecule has 0 unspecified atom stereocenters. The molecule has 5 heteroatoms. The number of carbonyl (C=O) groups is 1. The van der Waals surface area contributed by atoms with Crippen molar-refractivity contribution in [3.05, 3.63) is 29.3 Å². The topological polar surface area (TPSA) is 35.6 Å². The van der Waals surface area contributed by atoms with Gasteiger partial charge < -0.3 is 10.2 Å². The molecular weight excluding hydrogens is 310 g/mol. The minimum atomic E-state index is 0.0115. The summed E-state index contributed by atoms with van der Waals surface area (Å²) in [5.41, 5.74) is 0.772. The van der Waals surface area contributed by atoms with E-state index in [1.807, 2.05) is 23.1 Å². The summed E-state index contributed by atoms with van der Waals surface area (Å²) in [4.78, 5) is 17.3. The molecular formula is C18H24ClN3O. The maximum atomic E-state index is 12.6. The second-order valence-corrected chi connectivity index (χ2v) is 7.78. The van der Waals surface area contributed by atoms with Crippen LogP contribution in [-0.4, -0.2) is 48.1 Å². The number of nitrogens with zero attached hydrogens (tertiary/aromatic N) is 2. The van der Waals surface area contributed by atoms with Crippen molar-refractivity contribution in [3.8, 4) is 0 Å². The quantitative estimate of drug-likeness (QED) is 0.916. The molecule has 4 aliphatic rings. The predicted molar refractivity (Wildman–Crippen MR) is 92.9 cm³/mol. The zero-order chi connectivity index (χ0) is 15.8. The standard InChI is InChI=1S/C18H24ClN3O/c19-15-2-1-3-16(8-15)20-18(23)22-11-14-6-7-17(12-22)21(10-14)9-13-4-5-13/h1-3,8,13-14,17H,4-7,9-12H2,(H,20,23)/t14-,17-/m0/s1. The molecule has 0 spiro atoms. The Morgan fingerprint density at radius 2 is 2.04 bits per heavy atom. The van der Waals surface area contributed by atoms with Crippen molar-refractivity contribution in [2.75, 3.05) is 31.5 Å². The maximum Gasteiger partial charge on any atom is 0.321 e. The van der Waals surface area contributed by atoms with Gasteiger partial charge >= 0.3 is 6.03 Å². The van der Waals surface area contributed by atoms with E-state index in [0.29, 0.717) is 17.0 Å². The van der Waals surface area contributed by atoms with Gasteiger partial charge in [-0.05, 0) is 55.7 Å². The summed E-state index contributed by atoms with van der Waals surface area (Å²) in [5.74, 6) is 1.54. The highest BCUT2D eigenvalue weighted by atomic mass is 35.5. The zero-order valence-corrected chi connectivity index (χ0v) is 14.1. The van der Waals surface area contributed by atoms with Crippen LogP contribution < -0.4 is 5.32 Å². The van der Waals surface area contributed by atoms with Crippen molar-refractivity contribution in [2.45, 2.75) is 31.7 Å². The number of amides is 2. The minimum Gasteiger partial charge on any atom is -0.323 e. The Hall–Kier alpha value is -1.26. The lowest BCUT2D eigenvalue weighted by Gasteiger charge is -2.36. The molecule has 1 aromatic carbocycles. The first-order valence-corrected chi connectivity index (χ1v) is 9.11. The Balaban J connectivity index is 1.41. The fourth-order valence-electron chi connectivity index (χ4n) is 3.97. The van der Waals surface area contributed by atoms with Crippen molar-refractivity contribution >= 4 is 23.3 Å². The zero-order valence-electron chi connectivity index (χ0n) is 13.4. The predicted octanol–water partition coefficient (Wildman–Crippen LogP) is 3.68. The summed E-state index contributed by atoms with van der Waals surface area (Å²) >= 11 is 6.00. The van der Waals surface area contributed by atoms with E-state index < -0.39 is 0 Å². The smallest absolute Gasteiger partial charge is 0.321 e. The molecule has 1 saturated carbocycles. The Morgan fingerprint density at radius 1 is 1.17 bits per heavy atom. The number of anilines is 1. The van der Waals surface area contributed by atoms with Gasteiger partial charge in [0, 0.05) is 42.9 Å². The van der Waals surface area contributed by atoms with Crippen LogP contribution in [0.4, 0.5) is 10.5 Å². The fraction of sp³-hybridized carbons (Fsp3) is 0.611. The van der Waals surface area contributed by atoms with Gasteiger partial charge in [0.25, 0.3) is 0 Å². The lowest BCUT2D eigenvalue weighted by molar-refractivity contribution is 0.126. The van der Waals surface area contributed by atoms with E-state index in [9.17, 15) is 4.79 Å². The molecule has 1 aromatic rings. The van der Waals surface area contributed by atoms with Crippen LogP contribution >= 0.6 is 11.6 Å². The van der Waals surface area contributed by atoms with E-state index in [2.05, 4.69) is 10.2 Å². The number of piperidine rings is 1. The van der Waals surface area contributed by atoms with Crippen molar-refractivity contribution in [1.82, 2.24) is 9.80 Å². The summed E-state index contributed by atoms with van der Waals surface area (Å²) in [6.07, 6.45) is 5.28. The highest BCUT2D eigenvalue weighted by molar-refractivity contribution is 6.30. The number of benzene rings is 1. The minimum absolute atomic E-state index is 0.0115. The molecule has 2 amide bonds. The highest BCUT2D eigenvalue weighted by Gasteiger charge is 2.38. The number of carbonyl (C=O) groups excluding carboxylic acids is 1. The first-order valence-electron chi connectivity index (χ1n) is 8.73. The van der Waals surface area contributed by atoms with Crippen LogP contribution in [0.2, 0.25) is 5.02 Å². The van der Waals surface area contributed by atoms with E-state index in [-0.39, 0.29) is 6.03 Å². The van der Waals surface area contributed by atoms with Gasteiger partial charge in [0.05, 0.1) is 0 Å². The molecule has 4 nitrogen and oxygen atoms in total. The molecule has 124 valence electrons. The Bertz CT molecular complexity index is 589. The first-order chi connectivity index (χ1) is 11.2. The number of urea groups is 1. The molecule has 23 heavy (non-hydrogen) atoms. The number of nitrogens with one attached hydrogen (secondary N) is 1. The molecule has 3 aliphatic heterocycles. The van der Waals surface area contributed by atoms with E-state index >= 15 is 0 Å². The van der Waals surface area contributed by atoms with Gasteiger partial charge in [-0.1, -0.05) is 17.7 Å². The number of halogens is 1. The molecule has 2 atom stereocenters. The Labute approximate surface area is 142 Å². The second-order valence-electron chi connectivity index (χ2n) is 7.34. The van der Waals surface area contributed by atoms with E-state index in [1.165, 1.54) is 38.8 Å². The molecule has 4 fully saturated rings. The van der Waals surface area contributed by atoms with Crippen LogP contribution in [-0.2, 0) is 0 Å². The SMILES string of the molecule is O=C(Nc1cccc(Cl)c1)N1C[C@H]2CC[C@@H](C1)N(CC1CC1)C2. The molecule has 3 saturated heterocycles. The number of rotatable bonds is 3. The second kappa shape index (κ2) is 6.33. The third-order valence-electron chi connectivity index (χ3n) is 5.38. The van der Waals surface area contributed by atoms with Gasteiger partial charge in [0.15, 0.2) is 0 Å². The van der Waals surface area contributed by atoms with Crippen LogP contribution in [0.25, 0.3) is 0 Å². The Kier molecular flexibility index (Phi) is 4.20. The van der Waals surface area contributed by atoms with Gasteiger partial charge in [-0.3, -0.25) is 4.90 Å². The van der Waals surface area contributed by atoms with Gasteiger partial charge in [0.1, 0.15) is 0 Å². The number of hydrogen-bond acceptors (Lipinski definition) is 2. The molecule has 2 bridgehead atoms. The van der Waals surface area contributed by atoms with Gasteiger partial charge in [-0.15, -0.1) is 0 Å². The van der Waals surface area contributed by atoms with Gasteiger partial charge in [0.2, 0.25) is 0 Å². The van der Waals surface area contributed by atoms with Gasteiger partial charge in [-0.25, -0.2) is 4.79 Å². The summed E-state index contributed by atoms with van der Waals surface area (Å²) < 4.78 is 0. The average Bonchev–Trinajstić information content (AvgIpc) is 3.34. The molecule has 1 N–H and O–H groups in total. The lowest BCUT2D eigenvalue weighted by atomic mass is 9.95. The summed E-state index contributed by atoms with van der Waals surface area (Å²) in [7, 11) is 0. The molecule has 1 aliphatic carbocycles. The normalized spacial score (nSPS) is 27.8. The van der Waals surface area contributed by atoms with E-state index in [0.717, 1.165) is 24.7 Å². The lowest BCUT2D eigenvalue weighted by Crippen LogP contribution is -2.45. The van der Waals surface area contributed by atoms with Crippen molar-refractivity contribution in [2.24, 2.45) is 11.8 Å². The van der Waals surface area contributed by atoms with Gasteiger partial charge in [-0.2, -0.15) is 0 Å². The summed E-state index contributed by atoms with van der Waals surface area (Å²) in [6.45, 7) is 4.15. The van der Waals surface area contributed by atoms with Crippen LogP contribution in [0.3, 0.4) is 0 Å². The van der Waals surface area contributed by atoms with Crippen molar-refractivity contribution in [1.29, 1.82) is 0 Å². The fourth-order valence-corrected chi connectivity index (χ4v) is 4.16. The van der Waals surface area contributed by atoms with Crippen molar-refractivity contribution in [3.63, 3.8) is 0 Å². The first kappa shape index (κ1) is 15.3. The Morgan fingerprint density at radius 3 is 2.83 bits per heavy atom. The third kappa shape index (κ3) is 3.64. The van der Waals surface area contributed by atoms with Crippen molar-refractivity contribution < 1.29 is 4.79 Å². The maximum absolute atomic E-state index is 12.6. The van der Waals surface area contributed by atoms with E-state index in [4.69, 9.17) is 11.6 Å². The highest BCUT2D eigenvalue weighted by Crippen LogP contribution is 2.35. The van der Waals surface area contributed by atoms with Crippen LogP contribution in [0.5, 0.6) is 0 Å². The monoisotopic (exact) mass is 333 g/mol. The molecule has 5 rings (SSSR count). The molecule has 0 aromatic heterocycles. The van der Waals surface area contributed by atoms with Crippen LogP contribution in [0.15, 0.2) is 24.3 Å². The van der Waals surface area contributed by atoms with E-state index in [1.54, 1.807) is 6.07 Å². The summed E-state index contributed by atoms with van der Waals surface area (Å²) in [6, 6.07) is 7.92. The third-order valence-corrected chi connectivity index (χ3v) is 5.61. The summed E-state index contributed by atoms with van der Waals surface area (Å²) in [5, 5.41) is 3.65. The van der Waals surface area contributed by atoms with Crippen LogP contribution in [0, 0.1) is 11.8 Å².